The average Bonchev–Trinajstić information content (AvgIpc) is 2.73. The van der Waals surface area contributed by atoms with Crippen LogP contribution in [0.25, 0.3) is 0 Å². The third-order valence-corrected chi connectivity index (χ3v) is 4.50. The van der Waals surface area contributed by atoms with E-state index in [4.69, 9.17) is 0 Å². The van der Waals surface area contributed by atoms with Gasteiger partial charge in [0.05, 0.1) is 12.4 Å². The predicted octanol–water partition coefficient (Wildman–Crippen LogP) is 4.41. The number of carbonyl (C=O) groups is 1. The Bertz CT molecular complexity index is 918. The molecule has 3 aromatic rings. The van der Waals surface area contributed by atoms with Gasteiger partial charge in [0, 0.05) is 12.2 Å². The maximum absolute atomic E-state index is 12.9. The van der Waals surface area contributed by atoms with Crippen molar-refractivity contribution < 1.29 is 9.18 Å². The molecule has 0 aliphatic rings. The van der Waals surface area contributed by atoms with E-state index in [1.54, 1.807) is 18.3 Å². The molecule has 1 amide bonds. The SMILES string of the molecule is CCc1cccc(CC)c1Nc1cnc(C(=O)NCc2ccc(F)cc2)cn1. The molecule has 0 saturated carbocycles. The van der Waals surface area contributed by atoms with Gasteiger partial charge in [0.15, 0.2) is 0 Å². The molecule has 144 valence electrons. The maximum atomic E-state index is 12.9. The minimum atomic E-state index is -0.327. The van der Waals surface area contributed by atoms with Gasteiger partial charge in [0.1, 0.15) is 17.3 Å². The number of halogens is 1. The lowest BCUT2D eigenvalue weighted by Crippen LogP contribution is -2.24. The summed E-state index contributed by atoms with van der Waals surface area (Å²) < 4.78 is 12.9. The number of amides is 1. The normalized spacial score (nSPS) is 10.5. The lowest BCUT2D eigenvalue weighted by atomic mass is 10.0. The highest BCUT2D eigenvalue weighted by Crippen LogP contribution is 2.25. The molecule has 6 heteroatoms. The van der Waals surface area contributed by atoms with Crippen molar-refractivity contribution in [3.8, 4) is 0 Å². The third-order valence-electron chi connectivity index (χ3n) is 4.50. The van der Waals surface area contributed by atoms with Crippen LogP contribution >= 0.6 is 0 Å². The number of hydrogen-bond donors (Lipinski definition) is 2. The number of aromatic nitrogens is 2. The standard InChI is InChI=1S/C22H23FN4O/c1-3-16-6-5-7-17(4-2)21(16)27-20-14-24-19(13-25-20)22(28)26-12-15-8-10-18(23)11-9-15/h5-11,13-14H,3-4,12H2,1-2H3,(H,25,27)(H,26,28). The molecule has 0 radical (unpaired) electrons. The molecule has 3 rings (SSSR count). The topological polar surface area (TPSA) is 66.9 Å². The van der Waals surface area contributed by atoms with Gasteiger partial charge in [-0.05, 0) is 41.7 Å². The number of carbonyl (C=O) groups excluding carboxylic acids is 1. The second kappa shape index (κ2) is 9.08. The van der Waals surface area contributed by atoms with E-state index in [1.165, 1.54) is 29.5 Å². The zero-order valence-electron chi connectivity index (χ0n) is 16.0. The van der Waals surface area contributed by atoms with Crippen LogP contribution in [0.2, 0.25) is 0 Å². The summed E-state index contributed by atoms with van der Waals surface area (Å²) in [5, 5.41) is 6.09. The largest absolute Gasteiger partial charge is 0.347 e. The number of rotatable bonds is 7. The summed E-state index contributed by atoms with van der Waals surface area (Å²) in [5.41, 5.74) is 4.51. The number of nitrogens with one attached hydrogen (secondary N) is 2. The van der Waals surface area contributed by atoms with Crippen LogP contribution in [0, 0.1) is 5.82 Å². The Balaban J connectivity index is 1.66. The first-order valence-corrected chi connectivity index (χ1v) is 9.33. The predicted molar refractivity (Wildman–Crippen MR) is 108 cm³/mol. The van der Waals surface area contributed by atoms with Crippen LogP contribution in [-0.2, 0) is 19.4 Å². The molecule has 28 heavy (non-hydrogen) atoms. The zero-order chi connectivity index (χ0) is 19.9. The van der Waals surface area contributed by atoms with Gasteiger partial charge in [-0.3, -0.25) is 4.79 Å². The Kier molecular flexibility index (Phi) is 6.32. The van der Waals surface area contributed by atoms with Gasteiger partial charge in [-0.25, -0.2) is 14.4 Å². The molecule has 0 saturated heterocycles. The monoisotopic (exact) mass is 378 g/mol. The van der Waals surface area contributed by atoms with Gasteiger partial charge in [-0.1, -0.05) is 44.2 Å². The van der Waals surface area contributed by atoms with E-state index in [0.29, 0.717) is 12.4 Å². The minimum absolute atomic E-state index is 0.229. The van der Waals surface area contributed by atoms with Crippen molar-refractivity contribution in [2.75, 3.05) is 5.32 Å². The van der Waals surface area contributed by atoms with Crippen molar-refractivity contribution in [3.05, 3.63) is 83.1 Å². The smallest absolute Gasteiger partial charge is 0.271 e. The first-order chi connectivity index (χ1) is 13.6. The van der Waals surface area contributed by atoms with E-state index in [2.05, 4.69) is 52.6 Å². The van der Waals surface area contributed by atoms with Crippen molar-refractivity contribution in [2.24, 2.45) is 0 Å². The third kappa shape index (κ3) is 4.71. The molecular formula is C22H23FN4O. The quantitative estimate of drug-likeness (QED) is 0.639. The molecular weight excluding hydrogens is 355 g/mol. The average molecular weight is 378 g/mol. The number of nitrogens with zero attached hydrogens (tertiary/aromatic N) is 2. The Morgan fingerprint density at radius 3 is 2.21 bits per heavy atom. The lowest BCUT2D eigenvalue weighted by molar-refractivity contribution is 0.0945. The summed E-state index contributed by atoms with van der Waals surface area (Å²) in [5.74, 6) is -0.0443. The maximum Gasteiger partial charge on any atom is 0.271 e. The first kappa shape index (κ1) is 19.5. The highest BCUT2D eigenvalue weighted by atomic mass is 19.1. The molecule has 2 N–H and O–H groups in total. The van der Waals surface area contributed by atoms with Crippen molar-refractivity contribution >= 4 is 17.4 Å². The molecule has 5 nitrogen and oxygen atoms in total. The Morgan fingerprint density at radius 1 is 0.964 bits per heavy atom. The summed E-state index contributed by atoms with van der Waals surface area (Å²) in [6.07, 6.45) is 4.82. The van der Waals surface area contributed by atoms with E-state index in [9.17, 15) is 9.18 Å². The van der Waals surface area contributed by atoms with Crippen LogP contribution in [0.5, 0.6) is 0 Å². The van der Waals surface area contributed by atoms with Crippen molar-refractivity contribution in [1.29, 1.82) is 0 Å². The molecule has 0 atom stereocenters. The Hall–Kier alpha value is -3.28. The van der Waals surface area contributed by atoms with Gasteiger partial charge in [0.25, 0.3) is 5.91 Å². The number of aryl methyl sites for hydroxylation is 2. The van der Waals surface area contributed by atoms with Crippen LogP contribution < -0.4 is 10.6 Å². The number of anilines is 2. The van der Waals surface area contributed by atoms with Crippen LogP contribution in [0.1, 0.15) is 41.0 Å². The highest BCUT2D eigenvalue weighted by Gasteiger charge is 2.10. The molecule has 0 bridgehead atoms. The summed E-state index contributed by atoms with van der Waals surface area (Å²) in [4.78, 5) is 20.8. The Morgan fingerprint density at radius 2 is 1.64 bits per heavy atom. The van der Waals surface area contributed by atoms with Crippen LogP contribution in [-0.4, -0.2) is 15.9 Å². The van der Waals surface area contributed by atoms with Gasteiger partial charge >= 0.3 is 0 Å². The van der Waals surface area contributed by atoms with E-state index in [-0.39, 0.29) is 17.4 Å². The van der Waals surface area contributed by atoms with E-state index >= 15 is 0 Å². The van der Waals surface area contributed by atoms with E-state index in [1.807, 2.05) is 0 Å². The summed E-state index contributed by atoms with van der Waals surface area (Å²) >= 11 is 0. The van der Waals surface area contributed by atoms with Gasteiger partial charge < -0.3 is 10.6 Å². The van der Waals surface area contributed by atoms with Crippen LogP contribution in [0.15, 0.2) is 54.9 Å². The molecule has 1 heterocycles. The summed E-state index contributed by atoms with van der Waals surface area (Å²) in [6, 6.07) is 12.2. The van der Waals surface area contributed by atoms with E-state index in [0.717, 1.165) is 24.1 Å². The molecule has 0 spiro atoms. The van der Waals surface area contributed by atoms with Gasteiger partial charge in [0.2, 0.25) is 0 Å². The van der Waals surface area contributed by atoms with Crippen molar-refractivity contribution in [2.45, 2.75) is 33.2 Å². The second-order valence-corrected chi connectivity index (χ2v) is 6.38. The molecule has 2 aromatic carbocycles. The number of hydrogen-bond acceptors (Lipinski definition) is 4. The van der Waals surface area contributed by atoms with Gasteiger partial charge in [-0.15, -0.1) is 0 Å². The summed E-state index contributed by atoms with van der Waals surface area (Å²) in [6.45, 7) is 4.52. The van der Waals surface area contributed by atoms with Gasteiger partial charge in [-0.2, -0.15) is 0 Å². The molecule has 0 aliphatic carbocycles. The molecule has 0 aliphatic heterocycles. The fraction of sp³-hybridized carbons (Fsp3) is 0.227. The second-order valence-electron chi connectivity index (χ2n) is 6.38. The highest BCUT2D eigenvalue weighted by molar-refractivity contribution is 5.92. The van der Waals surface area contributed by atoms with Crippen molar-refractivity contribution in [3.63, 3.8) is 0 Å². The molecule has 0 fully saturated rings. The van der Waals surface area contributed by atoms with Crippen LogP contribution in [0.4, 0.5) is 15.9 Å². The van der Waals surface area contributed by atoms with Crippen LogP contribution in [0.3, 0.4) is 0 Å². The molecule has 0 unspecified atom stereocenters. The van der Waals surface area contributed by atoms with E-state index < -0.39 is 0 Å². The summed E-state index contributed by atoms with van der Waals surface area (Å²) in [7, 11) is 0. The zero-order valence-corrected chi connectivity index (χ0v) is 16.0. The molecule has 1 aromatic heterocycles. The Labute approximate surface area is 164 Å². The first-order valence-electron chi connectivity index (χ1n) is 9.33. The fourth-order valence-corrected chi connectivity index (χ4v) is 2.92. The number of benzene rings is 2. The number of para-hydroxylation sites is 1. The fourth-order valence-electron chi connectivity index (χ4n) is 2.92. The van der Waals surface area contributed by atoms with Crippen molar-refractivity contribution in [1.82, 2.24) is 15.3 Å². The minimum Gasteiger partial charge on any atom is -0.347 e. The lowest BCUT2D eigenvalue weighted by Gasteiger charge is -2.14.